The predicted molar refractivity (Wildman–Crippen MR) is 104 cm³/mol. The van der Waals surface area contributed by atoms with Crippen LogP contribution in [0.1, 0.15) is 105 Å². The van der Waals surface area contributed by atoms with Crippen molar-refractivity contribution in [1.29, 1.82) is 0 Å². The lowest BCUT2D eigenvalue weighted by Gasteiger charge is -2.15. The van der Waals surface area contributed by atoms with Crippen molar-refractivity contribution in [2.24, 2.45) is 17.8 Å². The van der Waals surface area contributed by atoms with E-state index >= 15 is 0 Å². The monoisotopic (exact) mass is 322 g/mol. The number of carbonyl (C=O) groups excluding carboxylic acids is 1. The molecule has 0 spiro atoms. The van der Waals surface area contributed by atoms with E-state index in [1.54, 1.807) is 0 Å². The molecule has 136 valence electrons. The third-order valence-electron chi connectivity index (χ3n) is 4.92. The molecule has 2 unspecified atom stereocenters. The van der Waals surface area contributed by atoms with Gasteiger partial charge >= 0.3 is 0 Å². The smallest absolute Gasteiger partial charge is 0.120 e. The van der Waals surface area contributed by atoms with E-state index in [2.05, 4.69) is 40.7 Å². The lowest BCUT2D eigenvalue weighted by molar-refractivity contribution is -0.107. The third kappa shape index (κ3) is 16.1. The van der Waals surface area contributed by atoms with Gasteiger partial charge < -0.3 is 4.79 Å². The van der Waals surface area contributed by atoms with Gasteiger partial charge in [0.2, 0.25) is 0 Å². The highest BCUT2D eigenvalue weighted by Gasteiger charge is 2.06. The second kappa shape index (κ2) is 15.0. The van der Waals surface area contributed by atoms with Gasteiger partial charge in [0.25, 0.3) is 0 Å². The maximum absolute atomic E-state index is 10.3. The molecule has 0 aliphatic rings. The summed E-state index contributed by atoms with van der Waals surface area (Å²) in [5.74, 6) is 2.63. The number of unbranched alkanes of at least 4 members (excludes halogenated alkanes) is 1. The molecule has 0 aliphatic carbocycles. The lowest BCUT2D eigenvalue weighted by atomic mass is 9.91. The Hall–Kier alpha value is -0.590. The Morgan fingerprint density at radius 3 is 1.83 bits per heavy atom. The number of rotatable bonds is 15. The molecule has 0 heterocycles. The van der Waals surface area contributed by atoms with Gasteiger partial charge in [-0.05, 0) is 43.9 Å². The first-order valence-corrected chi connectivity index (χ1v) is 10.0. The Labute approximate surface area is 146 Å². The van der Waals surface area contributed by atoms with Gasteiger partial charge in [-0.25, -0.2) is 0 Å². The molecule has 0 saturated heterocycles. The molecular weight excluding hydrogens is 280 g/mol. The van der Waals surface area contributed by atoms with Gasteiger partial charge in [-0.1, -0.05) is 84.3 Å². The fraction of sp³-hybridized carbons (Fsp3) is 0.864. The fourth-order valence-electron chi connectivity index (χ4n) is 3.21. The number of carbonyl (C=O) groups is 1. The summed E-state index contributed by atoms with van der Waals surface area (Å²) >= 11 is 0. The van der Waals surface area contributed by atoms with Gasteiger partial charge in [-0.2, -0.15) is 0 Å². The summed E-state index contributed by atoms with van der Waals surface area (Å²) in [6.45, 7) is 11.7. The summed E-state index contributed by atoms with van der Waals surface area (Å²) in [5.41, 5.74) is 1.46. The van der Waals surface area contributed by atoms with E-state index in [4.69, 9.17) is 0 Å². The molecular formula is C22H42O. The molecule has 0 aromatic heterocycles. The van der Waals surface area contributed by atoms with E-state index in [9.17, 15) is 4.79 Å². The van der Waals surface area contributed by atoms with Gasteiger partial charge in [-0.15, -0.1) is 0 Å². The highest BCUT2D eigenvalue weighted by atomic mass is 16.1. The van der Waals surface area contributed by atoms with Crippen molar-refractivity contribution < 1.29 is 4.79 Å². The first-order chi connectivity index (χ1) is 11.0. The molecule has 0 amide bonds. The summed E-state index contributed by atoms with van der Waals surface area (Å²) in [6, 6.07) is 0. The van der Waals surface area contributed by atoms with Crippen molar-refractivity contribution in [3.63, 3.8) is 0 Å². The van der Waals surface area contributed by atoms with Crippen LogP contribution in [0.5, 0.6) is 0 Å². The molecule has 0 saturated carbocycles. The molecule has 1 nitrogen and oxygen atoms in total. The molecule has 0 bridgehead atoms. The lowest BCUT2D eigenvalue weighted by Crippen LogP contribution is -2.00. The van der Waals surface area contributed by atoms with Crippen molar-refractivity contribution in [3.05, 3.63) is 11.6 Å². The summed E-state index contributed by atoms with van der Waals surface area (Å²) in [5, 5.41) is 0. The molecule has 0 N–H and O–H groups in total. The number of allylic oxidation sites excluding steroid dienone is 2. The maximum atomic E-state index is 10.3. The van der Waals surface area contributed by atoms with Crippen molar-refractivity contribution in [3.8, 4) is 0 Å². The quantitative estimate of drug-likeness (QED) is 0.175. The van der Waals surface area contributed by atoms with Crippen LogP contribution in [0, 0.1) is 17.8 Å². The third-order valence-corrected chi connectivity index (χ3v) is 4.92. The fourth-order valence-corrected chi connectivity index (χ4v) is 3.21. The van der Waals surface area contributed by atoms with Crippen LogP contribution in [0.25, 0.3) is 0 Å². The molecule has 1 heteroatoms. The van der Waals surface area contributed by atoms with Crippen LogP contribution < -0.4 is 0 Å². The topological polar surface area (TPSA) is 17.1 Å². The molecule has 0 radical (unpaired) electrons. The van der Waals surface area contributed by atoms with Gasteiger partial charge in [0.1, 0.15) is 6.29 Å². The van der Waals surface area contributed by atoms with Gasteiger partial charge in [0.05, 0.1) is 0 Å². The zero-order chi connectivity index (χ0) is 17.5. The van der Waals surface area contributed by atoms with Crippen LogP contribution in [-0.4, -0.2) is 6.29 Å². The Morgan fingerprint density at radius 2 is 1.30 bits per heavy atom. The Balaban J connectivity index is 3.57. The molecule has 0 aromatic rings. The standard InChI is InChI=1S/C22H42O/c1-19(2)11-8-13-21(4)15-10-17-22(5)16-9-14-20(3)12-6-7-18-23/h12,18-19,21-22H,6-11,13-17H2,1-5H3. The maximum Gasteiger partial charge on any atom is 0.120 e. The summed E-state index contributed by atoms with van der Waals surface area (Å²) in [6.07, 6.45) is 17.1. The summed E-state index contributed by atoms with van der Waals surface area (Å²) < 4.78 is 0. The van der Waals surface area contributed by atoms with Crippen LogP contribution in [0.2, 0.25) is 0 Å². The first-order valence-electron chi connectivity index (χ1n) is 10.0. The summed E-state index contributed by atoms with van der Waals surface area (Å²) in [4.78, 5) is 10.3. The second-order valence-electron chi connectivity index (χ2n) is 8.15. The van der Waals surface area contributed by atoms with E-state index < -0.39 is 0 Å². The average molecular weight is 323 g/mol. The average Bonchev–Trinajstić information content (AvgIpc) is 2.47. The van der Waals surface area contributed by atoms with Crippen LogP contribution in [-0.2, 0) is 4.79 Å². The zero-order valence-electron chi connectivity index (χ0n) is 16.6. The normalized spacial score (nSPS) is 15.0. The van der Waals surface area contributed by atoms with Crippen LogP contribution in [0.15, 0.2) is 11.6 Å². The Morgan fingerprint density at radius 1 is 0.783 bits per heavy atom. The number of hydrogen-bond donors (Lipinski definition) is 0. The number of hydrogen-bond acceptors (Lipinski definition) is 1. The van der Waals surface area contributed by atoms with Crippen LogP contribution in [0.4, 0.5) is 0 Å². The minimum atomic E-state index is 0.670. The van der Waals surface area contributed by atoms with E-state index in [0.717, 1.165) is 30.5 Å². The molecule has 0 fully saturated rings. The SMILES string of the molecule is CC(=CCCC=O)CCCC(C)CCCC(C)CCCC(C)C. The van der Waals surface area contributed by atoms with Gasteiger partial charge in [0, 0.05) is 6.42 Å². The summed E-state index contributed by atoms with van der Waals surface area (Å²) in [7, 11) is 0. The van der Waals surface area contributed by atoms with Crippen molar-refractivity contribution in [2.45, 2.75) is 105 Å². The highest BCUT2D eigenvalue weighted by Crippen LogP contribution is 2.22. The van der Waals surface area contributed by atoms with Crippen LogP contribution >= 0.6 is 0 Å². The Bertz CT molecular complexity index is 303. The minimum Gasteiger partial charge on any atom is -0.303 e. The van der Waals surface area contributed by atoms with E-state index in [0.29, 0.717) is 6.42 Å². The second-order valence-corrected chi connectivity index (χ2v) is 8.15. The van der Waals surface area contributed by atoms with Crippen molar-refractivity contribution >= 4 is 6.29 Å². The highest BCUT2D eigenvalue weighted by molar-refractivity contribution is 5.49. The van der Waals surface area contributed by atoms with Crippen molar-refractivity contribution in [1.82, 2.24) is 0 Å². The number of aldehydes is 1. The molecule has 0 aromatic carbocycles. The van der Waals surface area contributed by atoms with Gasteiger partial charge in [0.15, 0.2) is 0 Å². The van der Waals surface area contributed by atoms with E-state index in [-0.39, 0.29) is 0 Å². The largest absolute Gasteiger partial charge is 0.303 e. The predicted octanol–water partition coefficient (Wildman–Crippen LogP) is 7.35. The zero-order valence-corrected chi connectivity index (χ0v) is 16.6. The first kappa shape index (κ1) is 22.4. The van der Waals surface area contributed by atoms with Crippen LogP contribution in [0.3, 0.4) is 0 Å². The Kier molecular flexibility index (Phi) is 14.6. The molecule has 0 aliphatic heterocycles. The van der Waals surface area contributed by atoms with Gasteiger partial charge in [-0.3, -0.25) is 0 Å². The molecule has 23 heavy (non-hydrogen) atoms. The van der Waals surface area contributed by atoms with E-state index in [1.165, 1.54) is 63.4 Å². The van der Waals surface area contributed by atoms with Crippen molar-refractivity contribution in [2.75, 3.05) is 0 Å². The minimum absolute atomic E-state index is 0.670. The molecule has 2 atom stereocenters. The molecule has 0 rings (SSSR count). The van der Waals surface area contributed by atoms with E-state index in [1.807, 2.05) is 0 Å².